The number of β-amino-alcohol motifs (C(OH)–C–C–N with tert-alkyl or cyclic N) is 1. The number of aromatic nitrogens is 1. The predicted molar refractivity (Wildman–Crippen MR) is 151 cm³/mol. The van der Waals surface area contributed by atoms with Gasteiger partial charge in [0.1, 0.15) is 6.04 Å². The second-order valence-electron chi connectivity index (χ2n) is 10.8. The lowest BCUT2D eigenvalue weighted by molar-refractivity contribution is -0.142. The van der Waals surface area contributed by atoms with Crippen molar-refractivity contribution in [1.82, 2.24) is 14.8 Å². The largest absolute Gasteiger partial charge is 0.391 e. The second-order valence-corrected chi connectivity index (χ2v) is 11.7. The fraction of sp³-hybridized carbons (Fsp3) is 0.419. The Labute approximate surface area is 233 Å². The minimum Gasteiger partial charge on any atom is -0.391 e. The van der Waals surface area contributed by atoms with Crippen LogP contribution in [0, 0.1) is 5.92 Å². The van der Waals surface area contributed by atoms with E-state index in [9.17, 15) is 19.5 Å². The van der Waals surface area contributed by atoms with Gasteiger partial charge in [-0.1, -0.05) is 63.2 Å². The van der Waals surface area contributed by atoms with Crippen LogP contribution >= 0.6 is 11.3 Å². The maximum atomic E-state index is 13.9. The highest BCUT2D eigenvalue weighted by Gasteiger charge is 2.45. The number of Topliss-reactive ketones (excluding diaryl/α,β-unsaturated/α-hetero) is 1. The number of likely N-dealkylation sites (tertiary alicyclic amines) is 1. The molecule has 0 aliphatic carbocycles. The van der Waals surface area contributed by atoms with Crippen molar-refractivity contribution >= 4 is 28.9 Å². The maximum Gasteiger partial charge on any atom is 0.255 e. The molecular formula is C31H35N3O4S. The number of hydrogen-bond acceptors (Lipinski definition) is 6. The van der Waals surface area contributed by atoms with E-state index in [-0.39, 0.29) is 42.9 Å². The maximum absolute atomic E-state index is 13.9. The molecule has 2 aromatic carbocycles. The van der Waals surface area contributed by atoms with Gasteiger partial charge in [-0.2, -0.15) is 0 Å². The Morgan fingerprint density at radius 1 is 1.13 bits per heavy atom. The lowest BCUT2D eigenvalue weighted by Crippen LogP contribution is -2.54. The van der Waals surface area contributed by atoms with Gasteiger partial charge in [-0.15, -0.1) is 11.3 Å². The SMILES string of the molecule is CCc1ncsc1-c1ccc(CCC(=O)[C@@H]2C[C@@H](O)CN2C(=O)[C@H](C(C)C)N2Cc3ccccc3C2=O)cc1. The van der Waals surface area contributed by atoms with E-state index < -0.39 is 18.2 Å². The highest BCUT2D eigenvalue weighted by Crippen LogP contribution is 2.31. The van der Waals surface area contributed by atoms with E-state index in [4.69, 9.17) is 0 Å². The summed E-state index contributed by atoms with van der Waals surface area (Å²) in [5, 5.41) is 10.5. The number of carbonyl (C=O) groups excluding carboxylic acids is 3. The molecule has 2 amide bonds. The fourth-order valence-corrected chi connectivity index (χ4v) is 6.72. The fourth-order valence-electron chi connectivity index (χ4n) is 5.83. The van der Waals surface area contributed by atoms with E-state index in [2.05, 4.69) is 24.0 Å². The van der Waals surface area contributed by atoms with E-state index in [1.54, 1.807) is 22.3 Å². The van der Waals surface area contributed by atoms with Crippen LogP contribution in [-0.4, -0.2) is 62.2 Å². The van der Waals surface area contributed by atoms with Gasteiger partial charge >= 0.3 is 0 Å². The quantitative estimate of drug-likeness (QED) is 0.427. The molecule has 2 aliphatic heterocycles. The summed E-state index contributed by atoms with van der Waals surface area (Å²) in [5.74, 6) is -0.623. The summed E-state index contributed by atoms with van der Waals surface area (Å²) in [5.41, 5.74) is 6.66. The van der Waals surface area contributed by atoms with Gasteiger partial charge in [0.2, 0.25) is 5.91 Å². The molecule has 5 rings (SSSR count). The lowest BCUT2D eigenvalue weighted by Gasteiger charge is -2.35. The summed E-state index contributed by atoms with van der Waals surface area (Å²) < 4.78 is 0. The Bertz CT molecular complexity index is 1370. The number of thiazole rings is 1. The van der Waals surface area contributed by atoms with Crippen molar-refractivity contribution in [3.8, 4) is 10.4 Å². The summed E-state index contributed by atoms with van der Waals surface area (Å²) in [7, 11) is 0. The van der Waals surface area contributed by atoms with Crippen LogP contribution in [0.25, 0.3) is 10.4 Å². The van der Waals surface area contributed by atoms with Crippen LogP contribution in [0.1, 0.15) is 60.8 Å². The van der Waals surface area contributed by atoms with Crippen molar-refractivity contribution in [3.05, 3.63) is 76.4 Å². The Morgan fingerprint density at radius 3 is 2.56 bits per heavy atom. The van der Waals surface area contributed by atoms with Crippen LogP contribution in [0.15, 0.2) is 54.0 Å². The third-order valence-corrected chi connectivity index (χ3v) is 8.77. The molecular weight excluding hydrogens is 510 g/mol. The van der Waals surface area contributed by atoms with Gasteiger partial charge in [0.25, 0.3) is 5.91 Å². The van der Waals surface area contributed by atoms with Gasteiger partial charge < -0.3 is 14.9 Å². The molecule has 0 spiro atoms. The number of rotatable bonds is 9. The van der Waals surface area contributed by atoms with Crippen LogP contribution in [0.5, 0.6) is 0 Å². The molecule has 2 aliphatic rings. The number of benzene rings is 2. The van der Waals surface area contributed by atoms with Gasteiger partial charge in [0, 0.05) is 31.5 Å². The number of amides is 2. The van der Waals surface area contributed by atoms with Gasteiger partial charge in [-0.25, -0.2) is 4.98 Å². The number of aliphatic hydroxyl groups is 1. The summed E-state index contributed by atoms with van der Waals surface area (Å²) in [6.07, 6.45) is 1.20. The first kappa shape index (κ1) is 27.2. The Hall–Kier alpha value is -3.36. The molecule has 0 unspecified atom stereocenters. The average molecular weight is 546 g/mol. The molecule has 0 saturated carbocycles. The molecule has 1 N–H and O–H groups in total. The zero-order chi connectivity index (χ0) is 27.7. The highest BCUT2D eigenvalue weighted by molar-refractivity contribution is 7.13. The van der Waals surface area contributed by atoms with Crippen molar-refractivity contribution in [2.24, 2.45) is 5.92 Å². The average Bonchev–Trinajstić information content (AvgIpc) is 3.65. The zero-order valence-electron chi connectivity index (χ0n) is 22.7. The molecule has 204 valence electrons. The van der Waals surface area contributed by atoms with Crippen molar-refractivity contribution in [2.45, 2.75) is 71.2 Å². The Morgan fingerprint density at radius 2 is 1.87 bits per heavy atom. The number of hydrogen-bond donors (Lipinski definition) is 1. The minimum absolute atomic E-state index is 0.0572. The molecule has 1 saturated heterocycles. The third-order valence-electron chi connectivity index (χ3n) is 7.86. The normalized spacial score (nSPS) is 19.6. The van der Waals surface area contributed by atoms with Crippen LogP contribution in [0.3, 0.4) is 0 Å². The molecule has 3 heterocycles. The van der Waals surface area contributed by atoms with Crippen molar-refractivity contribution in [1.29, 1.82) is 0 Å². The van der Waals surface area contributed by atoms with E-state index >= 15 is 0 Å². The number of nitrogens with zero attached hydrogens (tertiary/aromatic N) is 3. The number of fused-ring (bicyclic) bond motifs is 1. The Kier molecular flexibility index (Phi) is 7.96. The number of carbonyl (C=O) groups is 3. The minimum atomic E-state index is -0.756. The second kappa shape index (κ2) is 11.4. The van der Waals surface area contributed by atoms with Crippen LogP contribution in [0.2, 0.25) is 0 Å². The summed E-state index contributed by atoms with van der Waals surface area (Å²) >= 11 is 1.63. The zero-order valence-corrected chi connectivity index (χ0v) is 23.5. The number of aliphatic hydroxyl groups excluding tert-OH is 1. The van der Waals surface area contributed by atoms with Crippen molar-refractivity contribution < 1.29 is 19.5 Å². The van der Waals surface area contributed by atoms with Crippen molar-refractivity contribution in [3.63, 3.8) is 0 Å². The van der Waals surface area contributed by atoms with Gasteiger partial charge in [-0.3, -0.25) is 14.4 Å². The smallest absolute Gasteiger partial charge is 0.255 e. The van der Waals surface area contributed by atoms with Crippen LogP contribution in [0.4, 0.5) is 0 Å². The van der Waals surface area contributed by atoms with E-state index in [1.807, 2.05) is 49.7 Å². The van der Waals surface area contributed by atoms with E-state index in [1.165, 1.54) is 9.78 Å². The number of ketones is 1. The van der Waals surface area contributed by atoms with Gasteiger partial charge in [0.05, 0.1) is 28.2 Å². The van der Waals surface area contributed by atoms with Crippen molar-refractivity contribution in [2.75, 3.05) is 6.54 Å². The first-order valence-electron chi connectivity index (χ1n) is 13.7. The molecule has 1 fully saturated rings. The number of aryl methyl sites for hydroxylation is 2. The highest BCUT2D eigenvalue weighted by atomic mass is 32.1. The van der Waals surface area contributed by atoms with E-state index in [0.717, 1.165) is 28.8 Å². The van der Waals surface area contributed by atoms with E-state index in [0.29, 0.717) is 18.5 Å². The molecule has 8 heteroatoms. The molecule has 0 bridgehead atoms. The summed E-state index contributed by atoms with van der Waals surface area (Å²) in [6.45, 7) is 6.41. The standard InChI is InChI=1S/C31H35N3O4S/c1-4-25-29(39-18-32-25)21-12-9-20(10-13-21)11-14-27(36)26-15-23(35)17-33(26)31(38)28(19(2)3)34-16-22-7-5-6-8-24(22)30(34)37/h5-10,12-13,18-19,23,26,28,35H,4,11,14-17H2,1-3H3/t23-,26+,28+/m1/s1. The third kappa shape index (κ3) is 5.40. The predicted octanol–water partition coefficient (Wildman–Crippen LogP) is 4.52. The molecule has 0 radical (unpaired) electrons. The first-order chi connectivity index (χ1) is 18.8. The van der Waals surface area contributed by atoms with Crippen LogP contribution < -0.4 is 0 Å². The Balaban J connectivity index is 1.27. The lowest BCUT2D eigenvalue weighted by atomic mass is 9.98. The van der Waals surface area contributed by atoms with Crippen LogP contribution in [-0.2, 0) is 29.0 Å². The molecule has 39 heavy (non-hydrogen) atoms. The topological polar surface area (TPSA) is 90.8 Å². The van der Waals surface area contributed by atoms with Gasteiger partial charge in [-0.05, 0) is 41.5 Å². The first-order valence-corrected chi connectivity index (χ1v) is 14.6. The summed E-state index contributed by atoms with van der Waals surface area (Å²) in [6, 6.07) is 14.3. The monoisotopic (exact) mass is 545 g/mol. The molecule has 3 aromatic rings. The molecule has 7 nitrogen and oxygen atoms in total. The molecule has 3 atom stereocenters. The summed E-state index contributed by atoms with van der Waals surface area (Å²) in [4.78, 5) is 49.2. The molecule has 1 aromatic heterocycles. The van der Waals surface area contributed by atoms with Gasteiger partial charge in [0.15, 0.2) is 5.78 Å².